The van der Waals surface area contributed by atoms with Crippen LogP contribution in [-0.4, -0.2) is 32.3 Å². The van der Waals surface area contributed by atoms with Gasteiger partial charge >= 0.3 is 0 Å². The van der Waals surface area contributed by atoms with Crippen LogP contribution in [0.4, 0.5) is 0 Å². The van der Waals surface area contributed by atoms with E-state index in [4.69, 9.17) is 21.1 Å². The first-order valence-corrected chi connectivity index (χ1v) is 6.08. The molecule has 1 saturated heterocycles. The molecule has 2 nitrogen and oxygen atoms in total. The van der Waals surface area contributed by atoms with Crippen molar-refractivity contribution in [3.05, 3.63) is 0 Å². The Morgan fingerprint density at radius 3 is 2.86 bits per heavy atom. The summed E-state index contributed by atoms with van der Waals surface area (Å²) in [6, 6.07) is 0. The fraction of sp³-hybridized carbons (Fsp3) is 1.00. The minimum atomic E-state index is 0.188. The number of hydrogen-bond donors (Lipinski definition) is 0. The molecule has 0 aliphatic carbocycles. The summed E-state index contributed by atoms with van der Waals surface area (Å²) in [6.07, 6.45) is 4.45. The Hall–Kier alpha value is 0.210. The second kappa shape index (κ2) is 6.65. The Labute approximate surface area is 91.9 Å². The molecule has 1 unspecified atom stereocenters. The maximum atomic E-state index is 6.01. The molecule has 84 valence electrons. The second-order valence-electron chi connectivity index (χ2n) is 4.15. The zero-order chi connectivity index (χ0) is 10.3. The van der Waals surface area contributed by atoms with Crippen LogP contribution in [0.3, 0.4) is 0 Å². The normalized spacial score (nSPS) is 27.9. The Bertz CT molecular complexity index is 144. The molecular formula is C11H21ClO2. The maximum Gasteiger partial charge on any atom is 0.0534 e. The minimum Gasteiger partial charge on any atom is -0.381 e. The van der Waals surface area contributed by atoms with Crippen molar-refractivity contribution in [2.45, 2.75) is 32.6 Å². The maximum absolute atomic E-state index is 6.01. The molecule has 1 heterocycles. The van der Waals surface area contributed by atoms with Crippen LogP contribution in [0, 0.1) is 5.41 Å². The number of halogens is 1. The lowest BCUT2D eigenvalue weighted by Gasteiger charge is -2.35. The van der Waals surface area contributed by atoms with Gasteiger partial charge < -0.3 is 9.47 Å². The number of alkyl halides is 1. The first kappa shape index (κ1) is 12.3. The molecule has 0 bridgehead atoms. The van der Waals surface area contributed by atoms with E-state index in [0.717, 1.165) is 45.7 Å². The Balaban J connectivity index is 2.22. The molecule has 1 fully saturated rings. The third-order valence-corrected chi connectivity index (χ3v) is 3.38. The average Bonchev–Trinajstić information content (AvgIpc) is 2.26. The Morgan fingerprint density at radius 1 is 1.43 bits per heavy atom. The van der Waals surface area contributed by atoms with Crippen LogP contribution in [0.15, 0.2) is 0 Å². The van der Waals surface area contributed by atoms with Crippen molar-refractivity contribution in [3.63, 3.8) is 0 Å². The second-order valence-corrected chi connectivity index (χ2v) is 4.42. The molecule has 0 aromatic rings. The van der Waals surface area contributed by atoms with Gasteiger partial charge in [0.05, 0.1) is 6.61 Å². The van der Waals surface area contributed by atoms with Gasteiger partial charge in [0.2, 0.25) is 0 Å². The summed E-state index contributed by atoms with van der Waals surface area (Å²) in [6.45, 7) is 5.52. The van der Waals surface area contributed by atoms with Crippen molar-refractivity contribution < 1.29 is 9.47 Å². The van der Waals surface area contributed by atoms with Gasteiger partial charge in [0.1, 0.15) is 0 Å². The van der Waals surface area contributed by atoms with Gasteiger partial charge in [0.25, 0.3) is 0 Å². The smallest absolute Gasteiger partial charge is 0.0534 e. The highest BCUT2D eigenvalue weighted by atomic mass is 35.5. The molecule has 0 saturated carbocycles. The predicted molar refractivity (Wildman–Crippen MR) is 58.9 cm³/mol. The van der Waals surface area contributed by atoms with Crippen molar-refractivity contribution in [2.24, 2.45) is 5.41 Å². The highest BCUT2D eigenvalue weighted by Gasteiger charge is 2.31. The lowest BCUT2D eigenvalue weighted by atomic mass is 9.82. The monoisotopic (exact) mass is 220 g/mol. The lowest BCUT2D eigenvalue weighted by Crippen LogP contribution is -2.34. The molecule has 1 aliphatic rings. The molecular weight excluding hydrogens is 200 g/mol. The van der Waals surface area contributed by atoms with Gasteiger partial charge in [-0.2, -0.15) is 0 Å². The van der Waals surface area contributed by atoms with Crippen molar-refractivity contribution in [2.75, 3.05) is 32.3 Å². The van der Waals surface area contributed by atoms with Crippen LogP contribution >= 0.6 is 11.6 Å². The molecule has 1 atom stereocenters. The van der Waals surface area contributed by atoms with Gasteiger partial charge in [-0.1, -0.05) is 6.92 Å². The molecule has 0 radical (unpaired) electrons. The van der Waals surface area contributed by atoms with E-state index in [1.807, 2.05) is 0 Å². The van der Waals surface area contributed by atoms with E-state index in [2.05, 4.69) is 6.92 Å². The zero-order valence-corrected chi connectivity index (χ0v) is 9.81. The summed E-state index contributed by atoms with van der Waals surface area (Å²) in [7, 11) is 0. The Kier molecular flexibility index (Phi) is 5.83. The quantitative estimate of drug-likeness (QED) is 0.506. The molecule has 3 heteroatoms. The van der Waals surface area contributed by atoms with Gasteiger partial charge in [-0.15, -0.1) is 11.6 Å². The van der Waals surface area contributed by atoms with E-state index >= 15 is 0 Å². The molecule has 1 aliphatic heterocycles. The summed E-state index contributed by atoms with van der Waals surface area (Å²) in [5, 5.41) is 0. The average molecular weight is 221 g/mol. The van der Waals surface area contributed by atoms with Crippen molar-refractivity contribution in [1.82, 2.24) is 0 Å². The summed E-state index contributed by atoms with van der Waals surface area (Å²) in [5.74, 6) is 0.697. The van der Waals surface area contributed by atoms with E-state index in [9.17, 15) is 0 Å². The van der Waals surface area contributed by atoms with Crippen LogP contribution in [0.1, 0.15) is 32.6 Å². The van der Waals surface area contributed by atoms with E-state index in [1.54, 1.807) is 0 Å². The molecule has 1 rings (SSSR count). The van der Waals surface area contributed by atoms with Gasteiger partial charge in [-0.25, -0.2) is 0 Å². The van der Waals surface area contributed by atoms with Crippen LogP contribution in [0.5, 0.6) is 0 Å². The fourth-order valence-electron chi connectivity index (χ4n) is 1.81. The van der Waals surface area contributed by atoms with E-state index in [0.29, 0.717) is 5.88 Å². The summed E-state index contributed by atoms with van der Waals surface area (Å²) in [5.41, 5.74) is 0.188. The van der Waals surface area contributed by atoms with Crippen molar-refractivity contribution >= 4 is 11.6 Å². The van der Waals surface area contributed by atoms with Gasteiger partial charge in [-0.05, 0) is 25.7 Å². The summed E-state index contributed by atoms with van der Waals surface area (Å²) in [4.78, 5) is 0. The van der Waals surface area contributed by atoms with Gasteiger partial charge in [0, 0.05) is 31.1 Å². The van der Waals surface area contributed by atoms with Crippen LogP contribution in [0.2, 0.25) is 0 Å². The summed E-state index contributed by atoms with van der Waals surface area (Å²) < 4.78 is 11.0. The molecule has 0 spiro atoms. The van der Waals surface area contributed by atoms with E-state index in [-0.39, 0.29) is 5.41 Å². The highest BCUT2D eigenvalue weighted by molar-refractivity contribution is 6.18. The third-order valence-electron chi connectivity index (χ3n) is 2.81. The van der Waals surface area contributed by atoms with Crippen LogP contribution in [-0.2, 0) is 9.47 Å². The topological polar surface area (TPSA) is 18.5 Å². The molecule has 0 N–H and O–H groups in total. The van der Waals surface area contributed by atoms with E-state index < -0.39 is 0 Å². The first-order valence-electron chi connectivity index (χ1n) is 5.54. The van der Waals surface area contributed by atoms with Crippen LogP contribution < -0.4 is 0 Å². The van der Waals surface area contributed by atoms with Crippen LogP contribution in [0.25, 0.3) is 0 Å². The number of ether oxygens (including phenoxy) is 2. The fourth-order valence-corrected chi connectivity index (χ4v) is 2.16. The predicted octanol–water partition coefficient (Wildman–Crippen LogP) is 2.84. The molecule has 0 amide bonds. The SMILES string of the molecule is CCCOCCC1(CCl)CCCOC1. The van der Waals surface area contributed by atoms with Crippen molar-refractivity contribution in [3.8, 4) is 0 Å². The highest BCUT2D eigenvalue weighted by Crippen LogP contribution is 2.33. The number of hydrogen-bond acceptors (Lipinski definition) is 2. The Morgan fingerprint density at radius 2 is 2.29 bits per heavy atom. The summed E-state index contributed by atoms with van der Waals surface area (Å²) >= 11 is 6.01. The lowest BCUT2D eigenvalue weighted by molar-refractivity contribution is -0.0157. The van der Waals surface area contributed by atoms with E-state index in [1.165, 1.54) is 6.42 Å². The zero-order valence-electron chi connectivity index (χ0n) is 9.06. The molecule has 14 heavy (non-hydrogen) atoms. The number of rotatable bonds is 6. The van der Waals surface area contributed by atoms with Gasteiger partial charge in [0.15, 0.2) is 0 Å². The standard InChI is InChI=1S/C11H21ClO2/c1-2-6-13-8-5-11(9-12)4-3-7-14-10-11/h2-10H2,1H3. The molecule has 0 aromatic carbocycles. The minimum absolute atomic E-state index is 0.188. The largest absolute Gasteiger partial charge is 0.381 e. The third kappa shape index (κ3) is 3.76. The van der Waals surface area contributed by atoms with Gasteiger partial charge in [-0.3, -0.25) is 0 Å². The first-order chi connectivity index (χ1) is 6.83. The molecule has 0 aromatic heterocycles. The van der Waals surface area contributed by atoms with Crippen molar-refractivity contribution in [1.29, 1.82) is 0 Å².